The molecule has 2 N–H and O–H groups in total. The second-order valence-electron chi connectivity index (χ2n) is 8.34. The van der Waals surface area contributed by atoms with Gasteiger partial charge in [0, 0.05) is 30.6 Å². The highest BCUT2D eigenvalue weighted by molar-refractivity contribution is 6.33. The zero-order chi connectivity index (χ0) is 24.8. The number of methoxy groups -OCH3 is 1. The van der Waals surface area contributed by atoms with E-state index < -0.39 is 0 Å². The molecule has 1 aliphatic rings. The molecule has 0 unspecified atom stereocenters. The smallest absolute Gasteiger partial charge is 0.284 e. The van der Waals surface area contributed by atoms with Gasteiger partial charge in [-0.3, -0.25) is 9.36 Å². The van der Waals surface area contributed by atoms with E-state index in [1.54, 1.807) is 40.7 Å². The lowest BCUT2D eigenvalue weighted by Gasteiger charge is -2.42. The second-order valence-corrected chi connectivity index (χ2v) is 8.74. The number of pyridine rings is 1. The first-order chi connectivity index (χ1) is 17.6. The zero-order valence-corrected chi connectivity index (χ0v) is 20.0. The summed E-state index contributed by atoms with van der Waals surface area (Å²) in [4.78, 5) is 28.8. The Bertz CT molecular complexity index is 1630. The Morgan fingerprint density at radius 2 is 1.92 bits per heavy atom. The Balaban J connectivity index is 1.51. The molecule has 1 aromatic carbocycles. The monoisotopic (exact) mass is 500 g/mol. The Kier molecular flexibility index (Phi) is 5.30. The molecule has 5 heterocycles. The minimum Gasteiger partial charge on any atom is -0.481 e. The van der Waals surface area contributed by atoms with Crippen molar-refractivity contribution < 1.29 is 4.74 Å². The van der Waals surface area contributed by atoms with Gasteiger partial charge in [-0.05, 0) is 30.7 Å². The second kappa shape index (κ2) is 8.65. The van der Waals surface area contributed by atoms with Gasteiger partial charge in [0.2, 0.25) is 5.88 Å². The highest BCUT2D eigenvalue weighted by atomic mass is 35.5. The van der Waals surface area contributed by atoms with Gasteiger partial charge in [-0.1, -0.05) is 29.8 Å². The molecule has 0 amide bonds. The molecule has 0 saturated carbocycles. The molecular formula is C25H21ClN8O2. The maximum absolute atomic E-state index is 13.7. The lowest BCUT2D eigenvalue weighted by Crippen LogP contribution is -2.45. The maximum Gasteiger partial charge on any atom is 0.284 e. The Labute approximate surface area is 210 Å². The van der Waals surface area contributed by atoms with Crippen LogP contribution in [0.15, 0.2) is 72.0 Å². The van der Waals surface area contributed by atoms with E-state index in [1.165, 1.54) is 6.33 Å². The molecule has 1 aliphatic heterocycles. The van der Waals surface area contributed by atoms with Crippen LogP contribution in [0.4, 0.5) is 11.6 Å². The SMILES string of the molecule is COc1ccc(-c2c(N)ncnc2N2CC[C@H]2c2nn3ccc(Cl)c3c(=O)n2-c2ccccc2)cn1. The number of ether oxygens (including phenoxy) is 1. The third-order valence-corrected chi connectivity index (χ3v) is 6.66. The number of nitrogens with zero attached hydrogens (tertiary/aromatic N) is 7. The van der Waals surface area contributed by atoms with Gasteiger partial charge in [-0.15, -0.1) is 0 Å². The van der Waals surface area contributed by atoms with E-state index in [9.17, 15) is 4.79 Å². The number of benzene rings is 1. The van der Waals surface area contributed by atoms with Crippen LogP contribution < -0.4 is 20.9 Å². The Hall–Kier alpha value is -4.44. The van der Waals surface area contributed by atoms with Crippen LogP contribution in [0.3, 0.4) is 0 Å². The summed E-state index contributed by atoms with van der Waals surface area (Å²) in [5.74, 6) is 2.05. The molecule has 0 radical (unpaired) electrons. The molecule has 0 aliphatic carbocycles. The van der Waals surface area contributed by atoms with Crippen LogP contribution in [0.1, 0.15) is 18.3 Å². The summed E-state index contributed by atoms with van der Waals surface area (Å²) >= 11 is 6.34. The van der Waals surface area contributed by atoms with Gasteiger partial charge in [0.05, 0.1) is 29.4 Å². The number of para-hydroxylation sites is 1. The number of fused-ring (bicyclic) bond motifs is 1. The molecule has 0 bridgehead atoms. The van der Waals surface area contributed by atoms with Crippen molar-refractivity contribution in [1.82, 2.24) is 29.1 Å². The molecule has 1 fully saturated rings. The van der Waals surface area contributed by atoms with Gasteiger partial charge in [0.15, 0.2) is 5.82 Å². The lowest BCUT2D eigenvalue weighted by atomic mass is 9.99. The summed E-state index contributed by atoms with van der Waals surface area (Å²) in [5.41, 5.74) is 8.53. The molecular weight excluding hydrogens is 480 g/mol. The van der Waals surface area contributed by atoms with Gasteiger partial charge in [-0.25, -0.2) is 19.5 Å². The fraction of sp³-hybridized carbons (Fsp3) is 0.160. The van der Waals surface area contributed by atoms with Crippen molar-refractivity contribution in [3.63, 3.8) is 0 Å². The van der Waals surface area contributed by atoms with E-state index in [2.05, 4.69) is 19.9 Å². The average Bonchev–Trinajstić information content (AvgIpc) is 3.25. The molecule has 4 aromatic heterocycles. The number of nitrogens with two attached hydrogens (primary N) is 1. The molecule has 10 nitrogen and oxygen atoms in total. The van der Waals surface area contributed by atoms with E-state index in [-0.39, 0.29) is 11.6 Å². The van der Waals surface area contributed by atoms with Crippen molar-refractivity contribution in [2.45, 2.75) is 12.5 Å². The van der Waals surface area contributed by atoms with Crippen LogP contribution in [0.5, 0.6) is 5.88 Å². The third-order valence-electron chi connectivity index (χ3n) is 6.36. The minimum atomic E-state index is -0.241. The average molecular weight is 501 g/mol. The minimum absolute atomic E-state index is 0.234. The predicted molar refractivity (Wildman–Crippen MR) is 137 cm³/mol. The number of nitrogen functional groups attached to an aromatic ring is 1. The summed E-state index contributed by atoms with van der Waals surface area (Å²) in [6.45, 7) is 0.701. The summed E-state index contributed by atoms with van der Waals surface area (Å²) in [5, 5.41) is 5.18. The van der Waals surface area contributed by atoms with Gasteiger partial charge in [0.1, 0.15) is 23.5 Å². The van der Waals surface area contributed by atoms with Crippen LogP contribution in [0.25, 0.3) is 22.3 Å². The molecule has 1 saturated heterocycles. The summed E-state index contributed by atoms with van der Waals surface area (Å²) < 4.78 is 8.35. The molecule has 180 valence electrons. The van der Waals surface area contributed by atoms with E-state index in [1.807, 2.05) is 36.4 Å². The number of anilines is 2. The standard InChI is InChI=1S/C25H21ClN8O2/c1-36-19-8-7-15(13-28-19)20-22(27)29-14-30-24(20)32-11-10-18(32)23-31-33-12-9-17(26)21(33)25(35)34(23)16-5-3-2-4-6-16/h2-9,12-14,18H,10-11H2,1H3,(H2,27,29,30)/t18-/m0/s1. The molecule has 1 atom stereocenters. The molecule has 5 aromatic rings. The van der Waals surface area contributed by atoms with Crippen molar-refractivity contribution in [3.05, 3.63) is 88.5 Å². The van der Waals surface area contributed by atoms with E-state index in [0.29, 0.717) is 51.7 Å². The predicted octanol–water partition coefficient (Wildman–Crippen LogP) is 3.53. The first-order valence-electron chi connectivity index (χ1n) is 11.3. The molecule has 36 heavy (non-hydrogen) atoms. The number of hydrogen-bond acceptors (Lipinski definition) is 8. The molecule has 6 rings (SSSR count). The number of aromatic nitrogens is 6. The summed E-state index contributed by atoms with van der Waals surface area (Å²) in [6, 6.07) is 14.5. The van der Waals surface area contributed by atoms with Gasteiger partial charge >= 0.3 is 0 Å². The maximum atomic E-state index is 13.7. The van der Waals surface area contributed by atoms with Crippen LogP contribution >= 0.6 is 11.6 Å². The highest BCUT2D eigenvalue weighted by Crippen LogP contribution is 2.42. The summed E-state index contributed by atoms with van der Waals surface area (Å²) in [6.07, 6.45) is 5.58. The largest absolute Gasteiger partial charge is 0.481 e. The quantitative estimate of drug-likeness (QED) is 0.389. The van der Waals surface area contributed by atoms with Crippen molar-refractivity contribution >= 4 is 28.8 Å². The Morgan fingerprint density at radius 3 is 2.61 bits per heavy atom. The number of rotatable bonds is 5. The van der Waals surface area contributed by atoms with Crippen LogP contribution in [-0.2, 0) is 0 Å². The van der Waals surface area contributed by atoms with Crippen molar-refractivity contribution in [2.24, 2.45) is 0 Å². The first-order valence-corrected chi connectivity index (χ1v) is 11.7. The highest BCUT2D eigenvalue weighted by Gasteiger charge is 2.37. The topological polar surface area (TPSA) is 116 Å². The van der Waals surface area contributed by atoms with Crippen molar-refractivity contribution in [2.75, 3.05) is 24.3 Å². The normalized spacial score (nSPS) is 15.2. The van der Waals surface area contributed by atoms with Crippen LogP contribution in [-0.4, -0.2) is 42.8 Å². The van der Waals surface area contributed by atoms with E-state index in [0.717, 1.165) is 12.0 Å². The van der Waals surface area contributed by atoms with Gasteiger partial charge in [-0.2, -0.15) is 5.10 Å². The third kappa shape index (κ3) is 3.45. The fourth-order valence-corrected chi connectivity index (χ4v) is 4.76. The fourth-order valence-electron chi connectivity index (χ4n) is 4.53. The Morgan fingerprint density at radius 1 is 1.08 bits per heavy atom. The van der Waals surface area contributed by atoms with Crippen LogP contribution in [0.2, 0.25) is 5.02 Å². The van der Waals surface area contributed by atoms with Crippen LogP contribution in [0, 0.1) is 0 Å². The van der Waals surface area contributed by atoms with E-state index in [4.69, 9.17) is 27.2 Å². The van der Waals surface area contributed by atoms with Crippen molar-refractivity contribution in [3.8, 4) is 22.7 Å². The number of halogens is 1. The first kappa shape index (κ1) is 22.1. The van der Waals surface area contributed by atoms with Gasteiger partial charge < -0.3 is 15.4 Å². The van der Waals surface area contributed by atoms with Crippen molar-refractivity contribution in [1.29, 1.82) is 0 Å². The van der Waals surface area contributed by atoms with E-state index >= 15 is 0 Å². The number of hydrogen-bond donors (Lipinski definition) is 1. The summed E-state index contributed by atoms with van der Waals surface area (Å²) in [7, 11) is 1.56. The zero-order valence-electron chi connectivity index (χ0n) is 19.2. The molecule has 0 spiro atoms. The molecule has 11 heteroatoms. The van der Waals surface area contributed by atoms with Gasteiger partial charge in [0.25, 0.3) is 5.56 Å². The lowest BCUT2D eigenvalue weighted by molar-refractivity contribution is 0.398.